The Balaban J connectivity index is 1.74. The molecular formula is C15H17N7S. The minimum atomic E-state index is 0.368. The van der Waals surface area contributed by atoms with Crippen LogP contribution in [0.5, 0.6) is 0 Å². The maximum Gasteiger partial charge on any atom is 0.189 e. The van der Waals surface area contributed by atoms with Crippen molar-refractivity contribution in [1.82, 2.24) is 9.97 Å². The van der Waals surface area contributed by atoms with Crippen molar-refractivity contribution in [2.75, 3.05) is 42.2 Å². The fourth-order valence-electron chi connectivity index (χ4n) is 2.58. The maximum atomic E-state index is 8.62. The van der Waals surface area contributed by atoms with Crippen molar-refractivity contribution in [3.63, 3.8) is 0 Å². The van der Waals surface area contributed by atoms with Gasteiger partial charge in [-0.05, 0) is 29.0 Å². The molecule has 0 saturated carbocycles. The lowest BCUT2D eigenvalue weighted by atomic mass is 10.2. The highest BCUT2D eigenvalue weighted by Gasteiger charge is 2.19. The normalized spacial score (nSPS) is 14.5. The van der Waals surface area contributed by atoms with Crippen molar-refractivity contribution in [1.29, 1.82) is 0 Å². The first-order valence-electron chi connectivity index (χ1n) is 7.33. The molecule has 0 aliphatic carbocycles. The van der Waals surface area contributed by atoms with Gasteiger partial charge in [-0.25, -0.2) is 9.97 Å². The predicted molar refractivity (Wildman–Crippen MR) is 93.5 cm³/mol. The van der Waals surface area contributed by atoms with Crippen LogP contribution in [-0.2, 0) is 0 Å². The zero-order valence-electron chi connectivity index (χ0n) is 12.8. The molecule has 0 bridgehead atoms. The molecule has 118 valence electrons. The minimum Gasteiger partial charge on any atom is -0.368 e. The number of anilines is 2. The van der Waals surface area contributed by atoms with Crippen LogP contribution in [0.1, 0.15) is 0 Å². The van der Waals surface area contributed by atoms with E-state index >= 15 is 0 Å². The van der Waals surface area contributed by atoms with E-state index < -0.39 is 0 Å². The van der Waals surface area contributed by atoms with Crippen molar-refractivity contribution < 1.29 is 0 Å². The Morgan fingerprint density at radius 1 is 1.09 bits per heavy atom. The summed E-state index contributed by atoms with van der Waals surface area (Å²) in [6, 6.07) is 12.2. The van der Waals surface area contributed by atoms with E-state index in [1.54, 1.807) is 6.07 Å². The molecule has 1 aromatic heterocycles. The number of azide groups is 1. The molecule has 0 N–H and O–H groups in total. The highest BCUT2D eigenvalue weighted by molar-refractivity contribution is 7.98. The van der Waals surface area contributed by atoms with E-state index in [9.17, 15) is 0 Å². The average Bonchev–Trinajstić information content (AvgIpc) is 2.62. The second-order valence-corrected chi connectivity index (χ2v) is 5.84. The van der Waals surface area contributed by atoms with Gasteiger partial charge in [0.1, 0.15) is 11.6 Å². The van der Waals surface area contributed by atoms with Gasteiger partial charge in [-0.2, -0.15) is 0 Å². The highest BCUT2D eigenvalue weighted by Crippen LogP contribution is 2.24. The number of benzene rings is 1. The lowest BCUT2D eigenvalue weighted by molar-refractivity contribution is 0.643. The third-order valence-corrected chi connectivity index (χ3v) is 4.28. The SMILES string of the molecule is CSc1nc(N=[N+]=[N-])cc(N2CCN(c3ccccc3)CC2)n1. The van der Waals surface area contributed by atoms with Crippen LogP contribution >= 0.6 is 11.8 Å². The average molecular weight is 327 g/mol. The quantitative estimate of drug-likeness (QED) is 0.282. The number of hydrogen-bond donors (Lipinski definition) is 0. The molecule has 0 atom stereocenters. The number of hydrogen-bond acceptors (Lipinski definition) is 6. The van der Waals surface area contributed by atoms with Gasteiger partial charge in [0.2, 0.25) is 0 Å². The van der Waals surface area contributed by atoms with Crippen molar-refractivity contribution in [3.05, 3.63) is 46.8 Å². The Morgan fingerprint density at radius 2 is 1.78 bits per heavy atom. The number of para-hydroxylation sites is 1. The molecule has 1 saturated heterocycles. The molecule has 1 aliphatic heterocycles. The lowest BCUT2D eigenvalue weighted by Crippen LogP contribution is -2.46. The lowest BCUT2D eigenvalue weighted by Gasteiger charge is -2.36. The van der Waals surface area contributed by atoms with Crippen molar-refractivity contribution in [2.45, 2.75) is 5.16 Å². The number of thioether (sulfide) groups is 1. The molecule has 2 aromatic rings. The van der Waals surface area contributed by atoms with Crippen LogP contribution < -0.4 is 9.80 Å². The fourth-order valence-corrected chi connectivity index (χ4v) is 2.95. The van der Waals surface area contributed by atoms with Crippen LogP contribution in [-0.4, -0.2) is 42.4 Å². The van der Waals surface area contributed by atoms with E-state index in [0.29, 0.717) is 11.0 Å². The predicted octanol–water partition coefficient (Wildman–Crippen LogP) is 3.47. The summed E-state index contributed by atoms with van der Waals surface area (Å²) in [5.74, 6) is 1.19. The number of nitrogens with zero attached hydrogens (tertiary/aromatic N) is 7. The van der Waals surface area contributed by atoms with Gasteiger partial charge in [-0.1, -0.05) is 30.0 Å². The van der Waals surface area contributed by atoms with E-state index in [0.717, 1.165) is 32.0 Å². The maximum absolute atomic E-state index is 8.62. The smallest absolute Gasteiger partial charge is 0.189 e. The summed E-state index contributed by atoms with van der Waals surface area (Å²) < 4.78 is 0. The summed E-state index contributed by atoms with van der Waals surface area (Å²) in [6.45, 7) is 3.60. The third-order valence-electron chi connectivity index (χ3n) is 3.73. The van der Waals surface area contributed by atoms with Gasteiger partial charge in [-0.15, -0.1) is 0 Å². The van der Waals surface area contributed by atoms with Crippen molar-refractivity contribution >= 4 is 29.1 Å². The molecule has 0 spiro atoms. The van der Waals surface area contributed by atoms with E-state index in [1.165, 1.54) is 17.4 Å². The monoisotopic (exact) mass is 327 g/mol. The Hall–Kier alpha value is -2.44. The van der Waals surface area contributed by atoms with Gasteiger partial charge in [-0.3, -0.25) is 0 Å². The Labute approximate surface area is 139 Å². The Morgan fingerprint density at radius 3 is 2.43 bits per heavy atom. The van der Waals surface area contributed by atoms with Crippen LogP contribution in [0.4, 0.5) is 17.3 Å². The molecular weight excluding hydrogens is 310 g/mol. The zero-order valence-corrected chi connectivity index (χ0v) is 13.6. The molecule has 1 aromatic carbocycles. The first-order valence-corrected chi connectivity index (χ1v) is 8.56. The molecule has 1 aliphatic rings. The van der Waals surface area contributed by atoms with Gasteiger partial charge < -0.3 is 9.80 Å². The number of aromatic nitrogens is 2. The summed E-state index contributed by atoms with van der Waals surface area (Å²) >= 11 is 1.44. The van der Waals surface area contributed by atoms with Crippen molar-refractivity contribution in [2.24, 2.45) is 5.11 Å². The van der Waals surface area contributed by atoms with Gasteiger partial charge >= 0.3 is 0 Å². The number of rotatable bonds is 4. The summed E-state index contributed by atoms with van der Waals surface area (Å²) in [5, 5.41) is 4.23. The molecule has 3 rings (SSSR count). The topological polar surface area (TPSA) is 81.0 Å². The molecule has 2 heterocycles. The van der Waals surface area contributed by atoms with E-state index in [-0.39, 0.29) is 0 Å². The Bertz CT molecular complexity index is 707. The summed E-state index contributed by atoms with van der Waals surface area (Å²) in [7, 11) is 0. The first kappa shape index (κ1) is 15.5. The van der Waals surface area contributed by atoms with Crippen molar-refractivity contribution in [3.8, 4) is 0 Å². The summed E-state index contributed by atoms with van der Waals surface area (Å²) in [5.41, 5.74) is 9.86. The molecule has 0 radical (unpaired) electrons. The van der Waals surface area contributed by atoms with Crippen LogP contribution in [0.15, 0.2) is 46.7 Å². The molecule has 8 heteroatoms. The third kappa shape index (κ3) is 3.67. The molecule has 7 nitrogen and oxygen atoms in total. The van der Waals surface area contributed by atoms with Gasteiger partial charge in [0.05, 0.1) is 0 Å². The van der Waals surface area contributed by atoms with Gasteiger partial charge in [0, 0.05) is 42.8 Å². The highest BCUT2D eigenvalue weighted by atomic mass is 32.2. The van der Waals surface area contributed by atoms with E-state index in [4.69, 9.17) is 5.53 Å². The van der Waals surface area contributed by atoms with Crippen LogP contribution in [0, 0.1) is 0 Å². The minimum absolute atomic E-state index is 0.368. The molecule has 23 heavy (non-hydrogen) atoms. The second kappa shape index (κ2) is 7.21. The molecule has 0 unspecified atom stereocenters. The van der Waals surface area contributed by atoms with Crippen LogP contribution in [0.2, 0.25) is 0 Å². The van der Waals surface area contributed by atoms with E-state index in [2.05, 4.69) is 54.1 Å². The van der Waals surface area contributed by atoms with Crippen LogP contribution in [0.3, 0.4) is 0 Å². The van der Waals surface area contributed by atoms with Gasteiger partial charge in [0.25, 0.3) is 0 Å². The fraction of sp³-hybridized carbons (Fsp3) is 0.333. The first-order chi connectivity index (χ1) is 11.3. The number of piperazine rings is 1. The standard InChI is InChI=1S/C15H17N7S/c1-23-15-17-13(19-20-16)11-14(18-15)22-9-7-21(8-10-22)12-5-3-2-4-6-12/h2-6,11H,7-10H2,1H3. The molecule has 1 fully saturated rings. The van der Waals surface area contributed by atoms with E-state index in [1.807, 2.05) is 12.3 Å². The molecule has 0 amide bonds. The summed E-state index contributed by atoms with van der Waals surface area (Å²) in [4.78, 5) is 16.1. The zero-order chi connectivity index (χ0) is 16.1. The van der Waals surface area contributed by atoms with Gasteiger partial charge in [0.15, 0.2) is 5.16 Å². The second-order valence-electron chi connectivity index (χ2n) is 5.07. The summed E-state index contributed by atoms with van der Waals surface area (Å²) in [6.07, 6.45) is 1.91. The van der Waals surface area contributed by atoms with Crippen LogP contribution in [0.25, 0.3) is 10.4 Å². The Kier molecular flexibility index (Phi) is 4.85. The largest absolute Gasteiger partial charge is 0.368 e.